The minimum absolute atomic E-state index is 0.0882. The topological polar surface area (TPSA) is 62.2 Å². The monoisotopic (exact) mass is 280 g/mol. The number of carboxylic acids is 1. The van der Waals surface area contributed by atoms with Crippen molar-refractivity contribution in [2.45, 2.75) is 19.9 Å². The number of thiophene rings is 1. The zero-order chi connectivity index (χ0) is 14.0. The van der Waals surface area contributed by atoms with Crippen LogP contribution < -0.4 is 5.32 Å². The Kier molecular flexibility index (Phi) is 3.80. The highest BCUT2D eigenvalue weighted by Gasteiger charge is 2.16. The number of hydrogen-bond acceptors (Lipinski definition) is 4. The second-order valence-corrected chi connectivity index (χ2v) is 5.49. The molecule has 0 aromatic carbocycles. The van der Waals surface area contributed by atoms with E-state index in [0.717, 1.165) is 17.1 Å². The highest BCUT2D eigenvalue weighted by Crippen LogP contribution is 2.26. The summed E-state index contributed by atoms with van der Waals surface area (Å²) in [6, 6.07) is 4.84. The minimum atomic E-state index is -1.20. The van der Waals surface area contributed by atoms with Crippen LogP contribution in [0.4, 0.5) is 10.2 Å². The normalized spacial score (nSPS) is 12.2. The minimum Gasteiger partial charge on any atom is -0.478 e. The number of aromatic carboxylic acids is 1. The lowest BCUT2D eigenvalue weighted by atomic mass is 10.2. The quantitative estimate of drug-likeness (QED) is 0.900. The molecule has 19 heavy (non-hydrogen) atoms. The molecule has 2 N–H and O–H groups in total. The third kappa shape index (κ3) is 3.08. The number of carboxylic acid groups (broad SMARTS) is 1. The van der Waals surface area contributed by atoms with Gasteiger partial charge in [0.2, 0.25) is 0 Å². The van der Waals surface area contributed by atoms with Crippen LogP contribution in [0, 0.1) is 12.7 Å². The molecular formula is C13H13FN2O2S. The molecule has 2 aromatic rings. The van der Waals surface area contributed by atoms with Crippen LogP contribution in [0.5, 0.6) is 0 Å². The van der Waals surface area contributed by atoms with Gasteiger partial charge in [-0.1, -0.05) is 0 Å². The fourth-order valence-electron chi connectivity index (χ4n) is 1.68. The first-order valence-electron chi connectivity index (χ1n) is 5.69. The lowest BCUT2D eigenvalue weighted by molar-refractivity contribution is 0.0697. The van der Waals surface area contributed by atoms with Crippen LogP contribution in [0.1, 0.15) is 33.1 Å². The van der Waals surface area contributed by atoms with E-state index in [1.54, 1.807) is 11.3 Å². The fourth-order valence-corrected chi connectivity index (χ4v) is 2.56. The summed E-state index contributed by atoms with van der Waals surface area (Å²) in [5, 5.41) is 12.0. The number of nitrogens with zero attached hydrogens (tertiary/aromatic N) is 1. The van der Waals surface area contributed by atoms with Crippen molar-refractivity contribution in [1.82, 2.24) is 4.98 Å². The molecule has 100 valence electrons. The molecule has 4 nitrogen and oxygen atoms in total. The maximum Gasteiger partial charge on any atom is 0.339 e. The predicted molar refractivity (Wildman–Crippen MR) is 72.2 cm³/mol. The molecule has 1 unspecified atom stereocenters. The molecule has 0 fully saturated rings. The second kappa shape index (κ2) is 5.36. The van der Waals surface area contributed by atoms with E-state index in [0.29, 0.717) is 0 Å². The Morgan fingerprint density at radius 3 is 2.84 bits per heavy atom. The van der Waals surface area contributed by atoms with Crippen LogP contribution in [-0.2, 0) is 0 Å². The van der Waals surface area contributed by atoms with Crippen molar-refractivity contribution in [3.05, 3.63) is 45.5 Å². The van der Waals surface area contributed by atoms with Gasteiger partial charge in [-0.3, -0.25) is 0 Å². The van der Waals surface area contributed by atoms with Crippen LogP contribution in [0.2, 0.25) is 0 Å². The molecule has 2 aromatic heterocycles. The molecule has 0 saturated carbocycles. The van der Waals surface area contributed by atoms with Crippen molar-refractivity contribution < 1.29 is 14.3 Å². The van der Waals surface area contributed by atoms with Crippen molar-refractivity contribution in [1.29, 1.82) is 0 Å². The number of rotatable bonds is 4. The van der Waals surface area contributed by atoms with Crippen LogP contribution in [0.3, 0.4) is 0 Å². The Balaban J connectivity index is 2.26. The van der Waals surface area contributed by atoms with Gasteiger partial charge in [0.1, 0.15) is 17.2 Å². The highest BCUT2D eigenvalue weighted by atomic mass is 32.1. The molecule has 1 atom stereocenters. The number of anilines is 1. The fraction of sp³-hybridized carbons (Fsp3) is 0.231. The molecule has 0 amide bonds. The van der Waals surface area contributed by atoms with E-state index in [4.69, 9.17) is 5.11 Å². The maximum absolute atomic E-state index is 13.0. The van der Waals surface area contributed by atoms with Crippen molar-refractivity contribution in [3.63, 3.8) is 0 Å². The van der Waals surface area contributed by atoms with E-state index in [2.05, 4.69) is 10.3 Å². The summed E-state index contributed by atoms with van der Waals surface area (Å²) in [6.07, 6.45) is 1.00. The SMILES string of the molecule is Cc1ccc(C(C)Nc2ncc(F)cc2C(=O)O)s1. The summed E-state index contributed by atoms with van der Waals surface area (Å²) in [5.74, 6) is -1.70. The first-order chi connectivity index (χ1) is 8.97. The van der Waals surface area contributed by atoms with Gasteiger partial charge < -0.3 is 10.4 Å². The number of hydrogen-bond donors (Lipinski definition) is 2. The Morgan fingerprint density at radius 2 is 2.26 bits per heavy atom. The number of carbonyl (C=O) groups is 1. The summed E-state index contributed by atoms with van der Waals surface area (Å²) in [4.78, 5) is 17.1. The lowest BCUT2D eigenvalue weighted by Crippen LogP contribution is -2.11. The van der Waals surface area contributed by atoms with E-state index >= 15 is 0 Å². The molecule has 0 aliphatic carbocycles. The Hall–Kier alpha value is -1.95. The number of pyridine rings is 1. The van der Waals surface area contributed by atoms with Gasteiger partial charge >= 0.3 is 5.97 Å². The lowest BCUT2D eigenvalue weighted by Gasteiger charge is -2.14. The van der Waals surface area contributed by atoms with E-state index in [9.17, 15) is 9.18 Å². The largest absolute Gasteiger partial charge is 0.478 e. The molecule has 0 spiro atoms. The molecule has 0 aliphatic rings. The van der Waals surface area contributed by atoms with E-state index in [1.165, 1.54) is 4.88 Å². The summed E-state index contributed by atoms with van der Waals surface area (Å²) in [6.45, 7) is 3.90. The smallest absolute Gasteiger partial charge is 0.339 e. The molecule has 0 saturated heterocycles. The average Bonchev–Trinajstić information content (AvgIpc) is 2.78. The standard InChI is InChI=1S/C13H13FN2O2S/c1-7-3-4-11(19-7)8(2)16-12-10(13(17)18)5-9(14)6-15-12/h3-6,8H,1-2H3,(H,15,16)(H,17,18). The summed E-state index contributed by atoms with van der Waals surface area (Å²) in [5.41, 5.74) is -0.167. The van der Waals surface area contributed by atoms with Gasteiger partial charge in [0, 0.05) is 9.75 Å². The molecule has 0 bridgehead atoms. The van der Waals surface area contributed by atoms with Crippen molar-refractivity contribution in [3.8, 4) is 0 Å². The predicted octanol–water partition coefficient (Wildman–Crippen LogP) is 3.46. The highest BCUT2D eigenvalue weighted by molar-refractivity contribution is 7.12. The number of aromatic nitrogens is 1. The van der Waals surface area contributed by atoms with Gasteiger partial charge in [-0.05, 0) is 32.0 Å². The molecule has 0 radical (unpaired) electrons. The average molecular weight is 280 g/mol. The molecule has 2 rings (SSSR count). The Morgan fingerprint density at radius 1 is 1.53 bits per heavy atom. The van der Waals surface area contributed by atoms with Crippen molar-refractivity contribution in [2.75, 3.05) is 5.32 Å². The zero-order valence-corrected chi connectivity index (χ0v) is 11.3. The number of halogens is 1. The van der Waals surface area contributed by atoms with E-state index in [-0.39, 0.29) is 17.4 Å². The van der Waals surface area contributed by atoms with Crippen LogP contribution >= 0.6 is 11.3 Å². The third-order valence-electron chi connectivity index (χ3n) is 2.63. The molecular weight excluding hydrogens is 267 g/mol. The zero-order valence-electron chi connectivity index (χ0n) is 10.5. The van der Waals surface area contributed by atoms with Gasteiger partial charge in [-0.15, -0.1) is 11.3 Å². The number of nitrogens with one attached hydrogen (secondary N) is 1. The van der Waals surface area contributed by atoms with E-state index < -0.39 is 11.8 Å². The van der Waals surface area contributed by atoms with Gasteiger partial charge in [0.15, 0.2) is 0 Å². The van der Waals surface area contributed by atoms with E-state index in [1.807, 2.05) is 26.0 Å². The van der Waals surface area contributed by atoms with Gasteiger partial charge in [-0.25, -0.2) is 14.2 Å². The summed E-state index contributed by atoms with van der Waals surface area (Å²) in [7, 11) is 0. The molecule has 6 heteroatoms. The first kappa shape index (κ1) is 13.5. The van der Waals surface area contributed by atoms with Gasteiger partial charge in [-0.2, -0.15) is 0 Å². The summed E-state index contributed by atoms with van der Waals surface area (Å²) >= 11 is 1.62. The second-order valence-electron chi connectivity index (χ2n) is 4.17. The van der Waals surface area contributed by atoms with Crippen molar-refractivity contribution >= 4 is 23.1 Å². The van der Waals surface area contributed by atoms with Crippen LogP contribution in [0.15, 0.2) is 24.4 Å². The Labute approximate surface area is 113 Å². The van der Waals surface area contributed by atoms with Gasteiger partial charge in [0.05, 0.1) is 12.2 Å². The third-order valence-corrected chi connectivity index (χ3v) is 3.81. The van der Waals surface area contributed by atoms with Crippen LogP contribution in [0.25, 0.3) is 0 Å². The van der Waals surface area contributed by atoms with Crippen molar-refractivity contribution in [2.24, 2.45) is 0 Å². The molecule has 0 aliphatic heterocycles. The summed E-state index contributed by atoms with van der Waals surface area (Å²) < 4.78 is 13.0. The molecule has 2 heterocycles. The van der Waals surface area contributed by atoms with Gasteiger partial charge in [0.25, 0.3) is 0 Å². The van der Waals surface area contributed by atoms with Crippen LogP contribution in [-0.4, -0.2) is 16.1 Å². The first-order valence-corrected chi connectivity index (χ1v) is 6.50. The maximum atomic E-state index is 13.0. The number of aryl methyl sites for hydroxylation is 1. The Bertz CT molecular complexity index is 612.